The highest BCUT2D eigenvalue weighted by Crippen LogP contribution is 2.23. The quantitative estimate of drug-likeness (QED) is 0.708. The van der Waals surface area contributed by atoms with Gasteiger partial charge >= 0.3 is 12.1 Å². The first-order valence-electron chi connectivity index (χ1n) is 10.7. The van der Waals surface area contributed by atoms with E-state index in [1.54, 1.807) is 0 Å². The number of rotatable bonds is 5. The molecule has 0 saturated carbocycles. The molecule has 9 heteroatoms. The summed E-state index contributed by atoms with van der Waals surface area (Å²) in [4.78, 5) is 31.6. The van der Waals surface area contributed by atoms with Gasteiger partial charge in [0.25, 0.3) is 0 Å². The van der Waals surface area contributed by atoms with E-state index in [1.165, 1.54) is 0 Å². The molecule has 1 unspecified atom stereocenters. The lowest BCUT2D eigenvalue weighted by atomic mass is 10.0. The van der Waals surface area contributed by atoms with Crippen LogP contribution in [-0.2, 0) is 14.3 Å². The predicted molar refractivity (Wildman–Crippen MR) is 108 cm³/mol. The lowest BCUT2D eigenvalue weighted by Gasteiger charge is -2.37. The van der Waals surface area contributed by atoms with E-state index in [2.05, 4.69) is 9.80 Å². The smallest absolute Gasteiger partial charge is 0.410 e. The molecule has 1 N–H and O–H groups in total. The number of amides is 1. The van der Waals surface area contributed by atoms with Gasteiger partial charge in [0.05, 0.1) is 19.4 Å². The van der Waals surface area contributed by atoms with Gasteiger partial charge in [0, 0.05) is 58.4 Å². The zero-order valence-corrected chi connectivity index (χ0v) is 18.0. The van der Waals surface area contributed by atoms with Crippen molar-refractivity contribution in [2.75, 3.05) is 65.6 Å². The Kier molecular flexibility index (Phi) is 7.37. The van der Waals surface area contributed by atoms with E-state index in [9.17, 15) is 9.59 Å². The number of nitrogens with zero attached hydrogens (tertiary/aromatic N) is 4. The first kappa shape index (κ1) is 22.3. The molecule has 29 heavy (non-hydrogen) atoms. The summed E-state index contributed by atoms with van der Waals surface area (Å²) in [5.41, 5.74) is -0.455. The van der Waals surface area contributed by atoms with Crippen molar-refractivity contribution in [2.45, 2.75) is 51.4 Å². The molecule has 166 valence electrons. The van der Waals surface area contributed by atoms with Crippen LogP contribution in [0.25, 0.3) is 0 Å². The lowest BCUT2D eigenvalue weighted by Crippen LogP contribution is -2.50. The number of carboxylic acid groups (broad SMARTS) is 1. The summed E-state index contributed by atoms with van der Waals surface area (Å²) in [6.07, 6.45) is 1.88. The highest BCUT2D eigenvalue weighted by atomic mass is 16.6. The van der Waals surface area contributed by atoms with E-state index >= 15 is 0 Å². The summed E-state index contributed by atoms with van der Waals surface area (Å²) in [7, 11) is 0. The van der Waals surface area contributed by atoms with Crippen molar-refractivity contribution >= 4 is 12.1 Å². The van der Waals surface area contributed by atoms with Gasteiger partial charge in [-0.25, -0.2) is 4.79 Å². The van der Waals surface area contributed by atoms with Crippen molar-refractivity contribution < 1.29 is 24.2 Å². The third kappa shape index (κ3) is 6.80. The Morgan fingerprint density at radius 2 is 1.66 bits per heavy atom. The molecular weight excluding hydrogens is 376 g/mol. The molecule has 0 aromatic rings. The SMILES string of the molecule is CC(C)(C)OC(=O)N1CCC(N2COC(CN3CCN(CC(=O)O)CC3)C2)CC1. The fourth-order valence-corrected chi connectivity index (χ4v) is 4.28. The fourth-order valence-electron chi connectivity index (χ4n) is 4.28. The molecule has 1 atom stereocenters. The number of ether oxygens (including phenoxy) is 2. The summed E-state index contributed by atoms with van der Waals surface area (Å²) in [6.45, 7) is 13.1. The van der Waals surface area contributed by atoms with Crippen molar-refractivity contribution in [1.82, 2.24) is 19.6 Å². The maximum absolute atomic E-state index is 12.2. The molecule has 3 aliphatic rings. The fraction of sp³-hybridized carbons (Fsp3) is 0.900. The normalized spacial score (nSPS) is 26.0. The maximum Gasteiger partial charge on any atom is 0.410 e. The summed E-state index contributed by atoms with van der Waals surface area (Å²) >= 11 is 0. The number of carboxylic acids is 1. The molecule has 0 radical (unpaired) electrons. The van der Waals surface area contributed by atoms with E-state index in [4.69, 9.17) is 14.6 Å². The molecule has 0 aromatic carbocycles. The van der Waals surface area contributed by atoms with Crippen LogP contribution in [0.5, 0.6) is 0 Å². The van der Waals surface area contributed by atoms with Crippen LogP contribution in [0, 0.1) is 0 Å². The Balaban J connectivity index is 1.35. The topological polar surface area (TPSA) is 85.8 Å². The van der Waals surface area contributed by atoms with Crippen LogP contribution in [0.15, 0.2) is 0 Å². The third-order valence-electron chi connectivity index (χ3n) is 5.83. The first-order valence-corrected chi connectivity index (χ1v) is 10.7. The Morgan fingerprint density at radius 3 is 2.24 bits per heavy atom. The second kappa shape index (κ2) is 9.59. The van der Waals surface area contributed by atoms with Crippen LogP contribution in [0.4, 0.5) is 4.79 Å². The van der Waals surface area contributed by atoms with E-state index < -0.39 is 11.6 Å². The van der Waals surface area contributed by atoms with Gasteiger partial charge < -0.3 is 19.5 Å². The average molecular weight is 413 g/mol. The predicted octanol–water partition coefficient (Wildman–Crippen LogP) is 0.746. The van der Waals surface area contributed by atoms with Gasteiger partial charge in [-0.05, 0) is 33.6 Å². The van der Waals surface area contributed by atoms with Gasteiger partial charge in [0.2, 0.25) is 0 Å². The molecule has 3 aliphatic heterocycles. The van der Waals surface area contributed by atoms with Gasteiger partial charge in [-0.3, -0.25) is 19.5 Å². The number of carbonyl (C=O) groups is 2. The zero-order chi connectivity index (χ0) is 21.0. The number of hydrogen-bond acceptors (Lipinski definition) is 7. The minimum absolute atomic E-state index is 0.129. The molecule has 0 aliphatic carbocycles. The van der Waals surface area contributed by atoms with Crippen LogP contribution in [0.3, 0.4) is 0 Å². The second-order valence-electron chi connectivity index (χ2n) is 9.36. The standard InChI is InChI=1S/C20H36N4O5/c1-20(2,3)29-19(27)23-6-4-16(5-7-23)24-13-17(28-15-24)12-21-8-10-22(11-9-21)14-18(25)26/h16-17H,4-15H2,1-3H3,(H,25,26). The van der Waals surface area contributed by atoms with Crippen molar-refractivity contribution in [3.63, 3.8) is 0 Å². The Morgan fingerprint density at radius 1 is 1.03 bits per heavy atom. The maximum atomic E-state index is 12.2. The summed E-state index contributed by atoms with van der Waals surface area (Å²) in [5, 5.41) is 8.90. The number of likely N-dealkylation sites (tertiary alicyclic amines) is 1. The molecule has 0 aromatic heterocycles. The van der Waals surface area contributed by atoms with Crippen molar-refractivity contribution in [3.8, 4) is 0 Å². The van der Waals surface area contributed by atoms with Crippen LogP contribution in [-0.4, -0.2) is 120 Å². The number of hydrogen-bond donors (Lipinski definition) is 1. The third-order valence-corrected chi connectivity index (χ3v) is 5.83. The van der Waals surface area contributed by atoms with Crippen molar-refractivity contribution in [2.24, 2.45) is 0 Å². The van der Waals surface area contributed by atoms with Crippen LogP contribution in [0.1, 0.15) is 33.6 Å². The van der Waals surface area contributed by atoms with Crippen LogP contribution >= 0.6 is 0 Å². The van der Waals surface area contributed by atoms with Gasteiger partial charge in [-0.2, -0.15) is 0 Å². The monoisotopic (exact) mass is 412 g/mol. The molecule has 3 saturated heterocycles. The number of piperazine rings is 1. The minimum atomic E-state index is -0.758. The van der Waals surface area contributed by atoms with Gasteiger partial charge in [0.1, 0.15) is 5.60 Å². The number of piperidine rings is 1. The Bertz CT molecular complexity index is 566. The highest BCUT2D eigenvalue weighted by molar-refractivity contribution is 5.69. The van der Waals surface area contributed by atoms with Gasteiger partial charge in [0.15, 0.2) is 0 Å². The van der Waals surface area contributed by atoms with E-state index in [0.29, 0.717) is 12.8 Å². The largest absolute Gasteiger partial charge is 0.480 e. The molecule has 9 nitrogen and oxygen atoms in total. The minimum Gasteiger partial charge on any atom is -0.480 e. The first-order chi connectivity index (χ1) is 13.7. The summed E-state index contributed by atoms with van der Waals surface area (Å²) < 4.78 is 11.5. The zero-order valence-electron chi connectivity index (χ0n) is 18.0. The van der Waals surface area contributed by atoms with Crippen molar-refractivity contribution in [1.29, 1.82) is 0 Å². The van der Waals surface area contributed by atoms with E-state index in [1.807, 2.05) is 30.6 Å². The summed E-state index contributed by atoms with van der Waals surface area (Å²) in [6, 6.07) is 0.450. The highest BCUT2D eigenvalue weighted by Gasteiger charge is 2.34. The molecule has 1 amide bonds. The van der Waals surface area contributed by atoms with Crippen molar-refractivity contribution in [3.05, 3.63) is 0 Å². The molecule has 3 heterocycles. The Hall–Kier alpha value is -1.42. The van der Waals surface area contributed by atoms with E-state index in [-0.39, 0.29) is 18.7 Å². The summed E-state index contributed by atoms with van der Waals surface area (Å²) in [5.74, 6) is -0.758. The van der Waals surface area contributed by atoms with Gasteiger partial charge in [-0.1, -0.05) is 0 Å². The molecule has 0 spiro atoms. The second-order valence-corrected chi connectivity index (χ2v) is 9.36. The lowest BCUT2D eigenvalue weighted by molar-refractivity contribution is -0.138. The molecular formula is C20H36N4O5. The van der Waals surface area contributed by atoms with Gasteiger partial charge in [-0.15, -0.1) is 0 Å². The molecule has 0 bridgehead atoms. The Labute approximate surface area is 173 Å². The van der Waals surface area contributed by atoms with Crippen LogP contribution < -0.4 is 0 Å². The molecule has 3 fully saturated rings. The average Bonchev–Trinajstić information content (AvgIpc) is 3.10. The number of carbonyl (C=O) groups excluding carboxylic acids is 1. The van der Waals surface area contributed by atoms with Crippen LogP contribution in [0.2, 0.25) is 0 Å². The van der Waals surface area contributed by atoms with E-state index in [0.717, 1.165) is 65.2 Å². The number of aliphatic carboxylic acids is 1. The molecule has 3 rings (SSSR count).